The number of carbonyl (C=O) groups is 2. The molecule has 3 rings (SSSR count). The van der Waals surface area contributed by atoms with Crippen LogP contribution < -0.4 is 9.64 Å². The molecule has 2 amide bonds. The molecule has 1 heterocycles. The minimum Gasteiger partial charge on any atom is -0.497 e. The number of ether oxygens (including phenoxy) is 2. The summed E-state index contributed by atoms with van der Waals surface area (Å²) in [5, 5.41) is 0.624. The van der Waals surface area contributed by atoms with E-state index in [4.69, 9.17) is 21.1 Å². The molecule has 2 aromatic carbocycles. The highest BCUT2D eigenvalue weighted by Gasteiger charge is 2.31. The molecule has 0 unspecified atom stereocenters. The SMILES string of the molecule is CCOC(=O)N1CCC(N(C(=O)Cc2ccc(OC)cc2)c2ccc(Cl)cc2)CC1. The van der Waals surface area contributed by atoms with E-state index >= 15 is 0 Å². The number of anilines is 1. The number of nitrogens with zero attached hydrogens (tertiary/aromatic N) is 2. The lowest BCUT2D eigenvalue weighted by atomic mass is 10.0. The van der Waals surface area contributed by atoms with Gasteiger partial charge in [0, 0.05) is 29.8 Å². The number of likely N-dealkylation sites (tertiary alicyclic amines) is 1. The lowest BCUT2D eigenvalue weighted by Crippen LogP contribution is -2.49. The first-order valence-corrected chi connectivity index (χ1v) is 10.5. The molecule has 0 saturated carbocycles. The van der Waals surface area contributed by atoms with Crippen molar-refractivity contribution in [1.29, 1.82) is 0 Å². The fourth-order valence-electron chi connectivity index (χ4n) is 3.68. The van der Waals surface area contributed by atoms with Crippen molar-refractivity contribution in [3.8, 4) is 5.75 Å². The van der Waals surface area contributed by atoms with Gasteiger partial charge in [0.1, 0.15) is 5.75 Å². The summed E-state index contributed by atoms with van der Waals surface area (Å²) < 4.78 is 10.3. The van der Waals surface area contributed by atoms with Crippen molar-refractivity contribution < 1.29 is 19.1 Å². The number of amides is 2. The smallest absolute Gasteiger partial charge is 0.409 e. The molecule has 0 bridgehead atoms. The Hall–Kier alpha value is -2.73. The number of piperidine rings is 1. The fraction of sp³-hybridized carbons (Fsp3) is 0.391. The van der Waals surface area contributed by atoms with Crippen molar-refractivity contribution in [2.75, 3.05) is 31.7 Å². The maximum atomic E-state index is 13.3. The van der Waals surface area contributed by atoms with Gasteiger partial charge >= 0.3 is 6.09 Å². The second-order valence-electron chi connectivity index (χ2n) is 7.18. The molecule has 1 fully saturated rings. The van der Waals surface area contributed by atoms with E-state index < -0.39 is 0 Å². The predicted octanol–water partition coefficient (Wildman–Crippen LogP) is 4.55. The molecular weight excluding hydrogens is 404 g/mol. The third kappa shape index (κ3) is 5.45. The number of hydrogen-bond donors (Lipinski definition) is 0. The first kappa shape index (κ1) is 22.0. The molecule has 0 atom stereocenters. The number of rotatable bonds is 6. The fourth-order valence-corrected chi connectivity index (χ4v) is 3.81. The highest BCUT2D eigenvalue weighted by molar-refractivity contribution is 6.30. The monoisotopic (exact) mass is 430 g/mol. The first-order chi connectivity index (χ1) is 14.5. The average Bonchev–Trinajstić information content (AvgIpc) is 2.76. The summed E-state index contributed by atoms with van der Waals surface area (Å²) in [6.07, 6.45) is 1.37. The third-order valence-electron chi connectivity index (χ3n) is 5.24. The molecule has 0 aromatic heterocycles. The molecular formula is C23H27ClN2O4. The van der Waals surface area contributed by atoms with Gasteiger partial charge in [0.2, 0.25) is 5.91 Å². The quantitative estimate of drug-likeness (QED) is 0.674. The Bertz CT molecular complexity index is 847. The molecule has 30 heavy (non-hydrogen) atoms. The van der Waals surface area contributed by atoms with Gasteiger partial charge in [0.25, 0.3) is 0 Å². The largest absolute Gasteiger partial charge is 0.497 e. The average molecular weight is 431 g/mol. The van der Waals surface area contributed by atoms with E-state index in [9.17, 15) is 9.59 Å². The Morgan fingerprint density at radius 1 is 1.07 bits per heavy atom. The predicted molar refractivity (Wildman–Crippen MR) is 117 cm³/mol. The summed E-state index contributed by atoms with van der Waals surface area (Å²) in [5.41, 5.74) is 1.73. The topological polar surface area (TPSA) is 59.1 Å². The number of halogens is 1. The van der Waals surface area contributed by atoms with Gasteiger partial charge in [0.15, 0.2) is 0 Å². The summed E-state index contributed by atoms with van der Waals surface area (Å²) >= 11 is 6.05. The molecule has 7 heteroatoms. The summed E-state index contributed by atoms with van der Waals surface area (Å²) in [5.74, 6) is 0.768. The zero-order valence-electron chi connectivity index (χ0n) is 17.3. The van der Waals surface area contributed by atoms with Crippen molar-refractivity contribution >= 4 is 29.3 Å². The number of benzene rings is 2. The second-order valence-corrected chi connectivity index (χ2v) is 7.62. The van der Waals surface area contributed by atoms with Gasteiger partial charge in [-0.2, -0.15) is 0 Å². The van der Waals surface area contributed by atoms with E-state index in [1.807, 2.05) is 41.3 Å². The number of methoxy groups -OCH3 is 1. The molecule has 2 aromatic rings. The van der Waals surface area contributed by atoms with Crippen LogP contribution in [-0.4, -0.2) is 49.7 Å². The van der Waals surface area contributed by atoms with E-state index in [2.05, 4.69) is 0 Å². The van der Waals surface area contributed by atoms with Crippen molar-refractivity contribution in [2.45, 2.75) is 32.2 Å². The van der Waals surface area contributed by atoms with Gasteiger partial charge in [-0.1, -0.05) is 23.7 Å². The van der Waals surface area contributed by atoms with Gasteiger partial charge in [-0.25, -0.2) is 4.79 Å². The van der Waals surface area contributed by atoms with Crippen LogP contribution in [0.25, 0.3) is 0 Å². The molecule has 0 spiro atoms. The van der Waals surface area contributed by atoms with Crippen molar-refractivity contribution in [3.63, 3.8) is 0 Å². The lowest BCUT2D eigenvalue weighted by molar-refractivity contribution is -0.118. The minimum atomic E-state index is -0.293. The van der Waals surface area contributed by atoms with Crippen LogP contribution in [0.4, 0.5) is 10.5 Å². The van der Waals surface area contributed by atoms with Crippen molar-refractivity contribution in [3.05, 3.63) is 59.1 Å². The molecule has 0 N–H and O–H groups in total. The van der Waals surface area contributed by atoms with E-state index in [-0.39, 0.29) is 24.5 Å². The van der Waals surface area contributed by atoms with Crippen LogP contribution in [-0.2, 0) is 16.0 Å². The molecule has 160 valence electrons. The highest BCUT2D eigenvalue weighted by Crippen LogP contribution is 2.27. The van der Waals surface area contributed by atoms with Crippen LogP contribution in [0.2, 0.25) is 5.02 Å². The van der Waals surface area contributed by atoms with E-state index in [0.29, 0.717) is 37.6 Å². The summed E-state index contributed by atoms with van der Waals surface area (Å²) in [7, 11) is 1.62. The zero-order chi connectivity index (χ0) is 21.5. The highest BCUT2D eigenvalue weighted by atomic mass is 35.5. The van der Waals surface area contributed by atoms with E-state index in [0.717, 1.165) is 17.0 Å². The third-order valence-corrected chi connectivity index (χ3v) is 5.50. The van der Waals surface area contributed by atoms with Crippen LogP contribution in [0.3, 0.4) is 0 Å². The zero-order valence-corrected chi connectivity index (χ0v) is 18.1. The molecule has 0 radical (unpaired) electrons. The molecule has 0 aliphatic carbocycles. The van der Waals surface area contributed by atoms with Gasteiger partial charge in [-0.15, -0.1) is 0 Å². The van der Waals surface area contributed by atoms with Crippen molar-refractivity contribution in [1.82, 2.24) is 4.90 Å². The Kier molecular flexibility index (Phi) is 7.57. The second kappa shape index (κ2) is 10.3. The van der Waals surface area contributed by atoms with Crippen LogP contribution >= 0.6 is 11.6 Å². The van der Waals surface area contributed by atoms with Crippen LogP contribution in [0.1, 0.15) is 25.3 Å². The Morgan fingerprint density at radius 3 is 2.27 bits per heavy atom. The maximum Gasteiger partial charge on any atom is 0.409 e. The molecule has 1 aliphatic rings. The maximum absolute atomic E-state index is 13.3. The molecule has 1 aliphatic heterocycles. The van der Waals surface area contributed by atoms with Crippen LogP contribution in [0, 0.1) is 0 Å². The van der Waals surface area contributed by atoms with Gasteiger partial charge < -0.3 is 19.3 Å². The van der Waals surface area contributed by atoms with E-state index in [1.54, 1.807) is 31.1 Å². The Morgan fingerprint density at radius 2 is 1.70 bits per heavy atom. The summed E-state index contributed by atoms with van der Waals surface area (Å²) in [6, 6.07) is 14.8. The summed E-state index contributed by atoms with van der Waals surface area (Å²) in [4.78, 5) is 28.9. The molecule has 6 nitrogen and oxygen atoms in total. The van der Waals surface area contributed by atoms with Crippen molar-refractivity contribution in [2.24, 2.45) is 0 Å². The Labute approximate surface area is 182 Å². The first-order valence-electron chi connectivity index (χ1n) is 10.1. The number of carbonyl (C=O) groups excluding carboxylic acids is 2. The normalized spacial score (nSPS) is 14.3. The van der Waals surface area contributed by atoms with Crippen LogP contribution in [0.5, 0.6) is 5.75 Å². The standard InChI is InChI=1S/C23H27ClN2O4/c1-3-30-23(28)25-14-12-20(13-15-25)26(19-8-6-18(24)7-9-19)22(27)16-17-4-10-21(29-2)11-5-17/h4-11,20H,3,12-16H2,1-2H3. The van der Waals surface area contributed by atoms with Crippen LogP contribution in [0.15, 0.2) is 48.5 Å². The molecule has 1 saturated heterocycles. The Balaban J connectivity index is 1.76. The lowest BCUT2D eigenvalue weighted by Gasteiger charge is -2.38. The van der Waals surface area contributed by atoms with Gasteiger partial charge in [0.05, 0.1) is 20.1 Å². The minimum absolute atomic E-state index is 0.00241. The number of hydrogen-bond acceptors (Lipinski definition) is 4. The van der Waals surface area contributed by atoms with Gasteiger partial charge in [-0.05, 0) is 61.7 Å². The summed E-state index contributed by atoms with van der Waals surface area (Å²) in [6.45, 7) is 3.27. The van der Waals surface area contributed by atoms with E-state index in [1.165, 1.54) is 0 Å². The van der Waals surface area contributed by atoms with Gasteiger partial charge in [-0.3, -0.25) is 4.79 Å².